The molecule has 3 saturated carbocycles. The Kier molecular flexibility index (Phi) is 2.05. The molecule has 0 aromatic rings. The minimum atomic E-state index is 0.538. The van der Waals surface area contributed by atoms with Crippen LogP contribution in [0.2, 0.25) is 0 Å². The molecule has 13 heavy (non-hydrogen) atoms. The molecular formula is C12H18O. The van der Waals surface area contributed by atoms with Crippen molar-refractivity contribution in [3.05, 3.63) is 12.2 Å². The van der Waals surface area contributed by atoms with Gasteiger partial charge in [-0.15, -0.1) is 0 Å². The van der Waals surface area contributed by atoms with Crippen LogP contribution in [-0.4, -0.2) is 6.29 Å². The van der Waals surface area contributed by atoms with E-state index in [1.54, 1.807) is 6.08 Å². The van der Waals surface area contributed by atoms with E-state index in [9.17, 15) is 4.79 Å². The zero-order chi connectivity index (χ0) is 9.47. The average molecular weight is 178 g/mol. The van der Waals surface area contributed by atoms with Crippen LogP contribution in [0.15, 0.2) is 12.2 Å². The van der Waals surface area contributed by atoms with Crippen molar-refractivity contribution in [2.24, 2.45) is 23.2 Å². The molecule has 72 valence electrons. The van der Waals surface area contributed by atoms with E-state index in [2.05, 4.69) is 19.9 Å². The number of fused-ring (bicyclic) bond motifs is 2. The Morgan fingerprint density at radius 3 is 2.62 bits per heavy atom. The van der Waals surface area contributed by atoms with E-state index in [1.165, 1.54) is 19.3 Å². The predicted molar refractivity (Wildman–Crippen MR) is 53.3 cm³/mol. The molecule has 1 nitrogen and oxygen atoms in total. The van der Waals surface area contributed by atoms with Gasteiger partial charge in [0.25, 0.3) is 0 Å². The molecular weight excluding hydrogens is 160 g/mol. The van der Waals surface area contributed by atoms with Gasteiger partial charge in [0, 0.05) is 0 Å². The summed E-state index contributed by atoms with van der Waals surface area (Å²) in [7, 11) is 0. The van der Waals surface area contributed by atoms with Crippen LogP contribution in [0, 0.1) is 23.2 Å². The van der Waals surface area contributed by atoms with E-state index in [4.69, 9.17) is 0 Å². The molecule has 0 saturated heterocycles. The lowest BCUT2D eigenvalue weighted by Gasteiger charge is -2.59. The summed E-state index contributed by atoms with van der Waals surface area (Å²) in [5.74, 6) is 2.46. The molecule has 0 N–H and O–H groups in total. The lowest BCUT2D eigenvalue weighted by atomic mass is 9.45. The zero-order valence-corrected chi connectivity index (χ0v) is 8.49. The Hall–Kier alpha value is -0.590. The Morgan fingerprint density at radius 1 is 1.31 bits per heavy atom. The molecule has 2 bridgehead atoms. The molecule has 3 fully saturated rings. The first-order valence-corrected chi connectivity index (χ1v) is 5.28. The molecule has 3 aliphatic rings. The quantitative estimate of drug-likeness (QED) is 0.469. The second-order valence-corrected chi connectivity index (χ2v) is 5.12. The summed E-state index contributed by atoms with van der Waals surface area (Å²) < 4.78 is 0. The van der Waals surface area contributed by atoms with E-state index in [1.807, 2.05) is 0 Å². The van der Waals surface area contributed by atoms with Gasteiger partial charge in [-0.25, -0.2) is 0 Å². The van der Waals surface area contributed by atoms with Crippen molar-refractivity contribution in [1.29, 1.82) is 0 Å². The standard InChI is InChI=1S/C12H18O/c1-12(2)10-6-5-9(4-3-7-13)11(12)8-10/h3-4,7,9-11H,5-6,8H2,1-2H3/b4-3+. The van der Waals surface area contributed by atoms with Crippen molar-refractivity contribution in [2.45, 2.75) is 33.1 Å². The monoisotopic (exact) mass is 178 g/mol. The van der Waals surface area contributed by atoms with Gasteiger partial charge >= 0.3 is 0 Å². The summed E-state index contributed by atoms with van der Waals surface area (Å²) in [5, 5.41) is 0. The molecule has 0 radical (unpaired) electrons. The summed E-state index contributed by atoms with van der Waals surface area (Å²) >= 11 is 0. The molecule has 1 heteroatoms. The Morgan fingerprint density at radius 2 is 2.08 bits per heavy atom. The fraction of sp³-hybridized carbons (Fsp3) is 0.750. The third-order valence-corrected chi connectivity index (χ3v) is 4.35. The average Bonchev–Trinajstić information content (AvgIpc) is 2.14. The molecule has 0 amide bonds. The van der Waals surface area contributed by atoms with Crippen molar-refractivity contribution >= 4 is 6.29 Å². The second-order valence-electron chi connectivity index (χ2n) is 5.12. The first-order valence-electron chi connectivity index (χ1n) is 5.28. The lowest BCUT2D eigenvalue weighted by Crippen LogP contribution is -2.51. The Bertz CT molecular complexity index is 238. The van der Waals surface area contributed by atoms with Gasteiger partial charge in [-0.1, -0.05) is 19.9 Å². The molecule has 0 aromatic heterocycles. The Labute approximate surface area is 80.2 Å². The molecule has 0 aromatic carbocycles. The van der Waals surface area contributed by atoms with E-state index < -0.39 is 0 Å². The third kappa shape index (κ3) is 1.25. The summed E-state index contributed by atoms with van der Waals surface area (Å²) in [6.45, 7) is 4.76. The summed E-state index contributed by atoms with van der Waals surface area (Å²) in [4.78, 5) is 10.2. The predicted octanol–water partition coefficient (Wildman–Crippen LogP) is 2.81. The van der Waals surface area contributed by atoms with Gasteiger partial charge in [-0.3, -0.25) is 4.79 Å². The number of hydrogen-bond acceptors (Lipinski definition) is 1. The minimum absolute atomic E-state index is 0.538. The number of allylic oxidation sites excluding steroid dienone is 2. The highest BCUT2D eigenvalue weighted by molar-refractivity contribution is 5.64. The maximum atomic E-state index is 10.2. The summed E-state index contributed by atoms with van der Waals surface area (Å²) in [5.41, 5.74) is 0.538. The van der Waals surface area contributed by atoms with Crippen LogP contribution in [0.5, 0.6) is 0 Å². The van der Waals surface area contributed by atoms with E-state index in [-0.39, 0.29) is 0 Å². The van der Waals surface area contributed by atoms with Crippen molar-refractivity contribution in [3.63, 3.8) is 0 Å². The van der Waals surface area contributed by atoms with Gasteiger partial charge in [0.05, 0.1) is 0 Å². The summed E-state index contributed by atoms with van der Waals surface area (Å²) in [6.07, 6.45) is 8.74. The van der Waals surface area contributed by atoms with E-state index in [0.29, 0.717) is 11.3 Å². The first-order chi connectivity index (χ1) is 6.16. The lowest BCUT2D eigenvalue weighted by molar-refractivity contribution is -0.104. The van der Waals surface area contributed by atoms with Gasteiger partial charge in [-0.2, -0.15) is 0 Å². The first kappa shape index (κ1) is 8.98. The number of hydrogen-bond donors (Lipinski definition) is 0. The maximum Gasteiger partial charge on any atom is 0.142 e. The van der Waals surface area contributed by atoms with Gasteiger partial charge < -0.3 is 0 Å². The fourth-order valence-electron chi connectivity index (χ4n) is 3.29. The summed E-state index contributed by atoms with van der Waals surface area (Å²) in [6, 6.07) is 0. The van der Waals surface area contributed by atoms with E-state index in [0.717, 1.165) is 18.1 Å². The molecule has 3 atom stereocenters. The largest absolute Gasteiger partial charge is 0.299 e. The third-order valence-electron chi connectivity index (χ3n) is 4.35. The van der Waals surface area contributed by atoms with Crippen LogP contribution in [0.4, 0.5) is 0 Å². The number of aldehydes is 1. The minimum Gasteiger partial charge on any atom is -0.299 e. The maximum absolute atomic E-state index is 10.2. The smallest absolute Gasteiger partial charge is 0.142 e. The van der Waals surface area contributed by atoms with Crippen LogP contribution in [0.3, 0.4) is 0 Å². The van der Waals surface area contributed by atoms with Crippen LogP contribution < -0.4 is 0 Å². The van der Waals surface area contributed by atoms with Crippen LogP contribution >= 0.6 is 0 Å². The van der Waals surface area contributed by atoms with Crippen LogP contribution in [0.1, 0.15) is 33.1 Å². The van der Waals surface area contributed by atoms with E-state index >= 15 is 0 Å². The van der Waals surface area contributed by atoms with Gasteiger partial charge in [0.2, 0.25) is 0 Å². The van der Waals surface area contributed by atoms with Crippen LogP contribution in [-0.2, 0) is 4.79 Å². The highest BCUT2D eigenvalue weighted by Crippen LogP contribution is 2.61. The highest BCUT2D eigenvalue weighted by atomic mass is 16.1. The van der Waals surface area contributed by atoms with Crippen molar-refractivity contribution < 1.29 is 4.79 Å². The second kappa shape index (κ2) is 2.97. The number of carbonyl (C=O) groups excluding carboxylic acids is 1. The van der Waals surface area contributed by atoms with Crippen LogP contribution in [0.25, 0.3) is 0 Å². The topological polar surface area (TPSA) is 17.1 Å². The molecule has 0 aliphatic heterocycles. The molecule has 3 rings (SSSR count). The van der Waals surface area contributed by atoms with Gasteiger partial charge in [0.15, 0.2) is 0 Å². The zero-order valence-electron chi connectivity index (χ0n) is 8.49. The molecule has 3 aliphatic carbocycles. The number of rotatable bonds is 2. The Balaban J connectivity index is 2.07. The van der Waals surface area contributed by atoms with Crippen molar-refractivity contribution in [2.75, 3.05) is 0 Å². The molecule has 0 spiro atoms. The number of carbonyl (C=O) groups is 1. The fourth-order valence-corrected chi connectivity index (χ4v) is 3.29. The molecule has 0 heterocycles. The van der Waals surface area contributed by atoms with Gasteiger partial charge in [-0.05, 0) is 48.5 Å². The van der Waals surface area contributed by atoms with Gasteiger partial charge in [0.1, 0.15) is 6.29 Å². The van der Waals surface area contributed by atoms with Crippen molar-refractivity contribution in [3.8, 4) is 0 Å². The SMILES string of the molecule is CC1(C)C2CCC(/C=C/C=O)C1C2. The molecule has 3 unspecified atom stereocenters. The normalized spacial score (nSPS) is 41.5. The highest BCUT2D eigenvalue weighted by Gasteiger charge is 2.53. The van der Waals surface area contributed by atoms with Crippen molar-refractivity contribution in [1.82, 2.24) is 0 Å².